The van der Waals surface area contributed by atoms with Crippen molar-refractivity contribution in [2.75, 3.05) is 6.54 Å². The van der Waals surface area contributed by atoms with Gasteiger partial charge in [-0.15, -0.1) is 11.3 Å². The number of amidine groups is 1. The van der Waals surface area contributed by atoms with Crippen LogP contribution in [0.5, 0.6) is 0 Å². The number of sulfonamides is 1. The molecule has 2 aliphatic heterocycles. The Balaban J connectivity index is 1.16. The number of fused-ring (bicyclic) bond motifs is 3. The predicted octanol–water partition coefficient (Wildman–Crippen LogP) is 5.91. The van der Waals surface area contributed by atoms with Crippen LogP contribution in [0.2, 0.25) is 5.02 Å². The molecule has 10 nitrogen and oxygen atoms in total. The molecule has 0 spiro atoms. The van der Waals surface area contributed by atoms with Gasteiger partial charge in [-0.3, -0.25) is 9.98 Å². The Morgan fingerprint density at radius 3 is 2.53 bits per heavy atom. The third-order valence-corrected chi connectivity index (χ3v) is 13.3. The number of nitrogens with zero attached hydrogens (tertiary/aromatic N) is 6. The predicted molar refractivity (Wildman–Crippen MR) is 178 cm³/mol. The lowest BCUT2D eigenvalue weighted by molar-refractivity contribution is -0.0278. The normalized spacial score (nSPS) is 28.3. The van der Waals surface area contributed by atoms with E-state index < -0.39 is 45.3 Å². The van der Waals surface area contributed by atoms with Crippen LogP contribution in [-0.2, 0) is 15.6 Å². The fourth-order valence-corrected chi connectivity index (χ4v) is 11.4. The first kappa shape index (κ1) is 32.6. The molecule has 49 heavy (non-hydrogen) atoms. The van der Waals surface area contributed by atoms with Gasteiger partial charge in [0.05, 0.1) is 16.6 Å². The van der Waals surface area contributed by atoms with Crippen molar-refractivity contribution in [3.05, 3.63) is 105 Å². The van der Waals surface area contributed by atoms with Gasteiger partial charge in [0.15, 0.2) is 10.8 Å². The molecular formula is C33H31ClF3N7O3S2. The summed E-state index contributed by atoms with van der Waals surface area (Å²) < 4.78 is 73.6. The highest BCUT2D eigenvalue weighted by Crippen LogP contribution is 2.53. The van der Waals surface area contributed by atoms with Crippen LogP contribution >= 0.6 is 22.9 Å². The van der Waals surface area contributed by atoms with Crippen LogP contribution < -0.4 is 4.72 Å². The molecule has 16 heteroatoms. The maximum absolute atomic E-state index is 14.2. The molecular weight excluding hydrogens is 699 g/mol. The molecule has 4 aromatic rings. The van der Waals surface area contributed by atoms with Crippen molar-refractivity contribution in [2.45, 2.75) is 61.6 Å². The van der Waals surface area contributed by atoms with Crippen molar-refractivity contribution in [1.29, 1.82) is 0 Å². The average molecular weight is 730 g/mol. The maximum atomic E-state index is 14.2. The highest BCUT2D eigenvalue weighted by atomic mass is 35.5. The molecule has 2 saturated carbocycles. The number of rotatable bonds is 8. The zero-order valence-electron chi connectivity index (χ0n) is 25.8. The summed E-state index contributed by atoms with van der Waals surface area (Å²) in [6.45, 7) is -2.68. The van der Waals surface area contributed by atoms with E-state index in [0.29, 0.717) is 63.7 Å². The van der Waals surface area contributed by atoms with Crippen LogP contribution in [-0.4, -0.2) is 61.8 Å². The van der Waals surface area contributed by atoms with Crippen LogP contribution in [0.1, 0.15) is 66.7 Å². The minimum absolute atomic E-state index is 0.0979. The number of nitrogens with one attached hydrogen (secondary N) is 1. The van der Waals surface area contributed by atoms with E-state index in [9.17, 15) is 26.7 Å². The SMILES string of the molecule is O=S(=O)(N[C@H]1CC2=C(c3ccn(C(F)F)n3)[C@H](c3ccc(F)cc3Cl)N=C(c3nccs3)N2C1)C1C2CC[C@H]1CC(O)(c1ccccn1)C2. The minimum atomic E-state index is -3.88. The third kappa shape index (κ3) is 5.78. The van der Waals surface area contributed by atoms with Crippen molar-refractivity contribution < 1.29 is 26.7 Å². The number of aliphatic hydroxyl groups is 1. The smallest absolute Gasteiger partial charge is 0.333 e. The zero-order chi connectivity index (χ0) is 34.1. The van der Waals surface area contributed by atoms with E-state index in [4.69, 9.17) is 16.6 Å². The third-order valence-electron chi connectivity index (χ3n) is 10.1. The molecule has 5 heterocycles. The Kier molecular flexibility index (Phi) is 8.18. The minimum Gasteiger partial charge on any atom is -0.384 e. The summed E-state index contributed by atoms with van der Waals surface area (Å²) in [7, 11) is -3.88. The van der Waals surface area contributed by atoms with Gasteiger partial charge >= 0.3 is 6.55 Å². The average Bonchev–Trinajstić information content (AvgIpc) is 3.88. The number of benzene rings is 1. The molecule has 2 bridgehead atoms. The number of hydrogen-bond donors (Lipinski definition) is 2. The maximum Gasteiger partial charge on any atom is 0.333 e. The number of pyridine rings is 1. The summed E-state index contributed by atoms with van der Waals surface area (Å²) >= 11 is 7.91. The molecule has 8 rings (SSSR count). The van der Waals surface area contributed by atoms with E-state index in [1.165, 1.54) is 41.8 Å². The van der Waals surface area contributed by atoms with Gasteiger partial charge in [0, 0.05) is 64.8 Å². The number of thiazole rings is 1. The summed E-state index contributed by atoms with van der Waals surface area (Å²) in [5.74, 6) is -0.584. The van der Waals surface area contributed by atoms with Gasteiger partial charge in [0.2, 0.25) is 10.0 Å². The summed E-state index contributed by atoms with van der Waals surface area (Å²) in [6.07, 6.45) is 6.60. The molecule has 4 aliphatic rings. The Labute approximate surface area is 289 Å². The standard InChI is InChI=1S/C33H31ClF3N7O3S2/c34-23-13-20(35)6-7-22(23)28-27(24-8-11-44(41-24)32(36)37)25-14-21(17-43(25)30(40-28)31-39-10-12-48-31)42-49(46,47)29-18-4-5-19(29)16-33(45,15-18)26-3-1-2-9-38-26/h1-3,6-13,18-19,21,28-29,32,42,45H,4-5,14-17H2/t18-,19?,21-,28-,29?,33?/m0/s1. The van der Waals surface area contributed by atoms with Gasteiger partial charge < -0.3 is 10.0 Å². The van der Waals surface area contributed by atoms with E-state index in [1.54, 1.807) is 29.9 Å². The second kappa shape index (κ2) is 12.3. The second-order valence-electron chi connectivity index (χ2n) is 13.1. The number of halogens is 4. The summed E-state index contributed by atoms with van der Waals surface area (Å²) in [5.41, 5.74) is 1.12. The Bertz CT molecular complexity index is 2050. The van der Waals surface area contributed by atoms with E-state index in [0.717, 1.165) is 0 Å². The molecule has 256 valence electrons. The fourth-order valence-electron chi connectivity index (χ4n) is 8.23. The molecule has 0 radical (unpaired) electrons. The van der Waals surface area contributed by atoms with E-state index in [-0.39, 0.29) is 35.5 Å². The lowest BCUT2D eigenvalue weighted by Crippen LogP contribution is -2.51. The number of alkyl halides is 2. The Morgan fingerprint density at radius 2 is 1.88 bits per heavy atom. The molecule has 3 fully saturated rings. The highest BCUT2D eigenvalue weighted by molar-refractivity contribution is 7.90. The quantitative estimate of drug-likeness (QED) is 0.231. The van der Waals surface area contributed by atoms with Gasteiger partial charge in [0.25, 0.3) is 0 Å². The molecule has 6 atom stereocenters. The molecule has 0 amide bonds. The molecule has 2 aliphatic carbocycles. The molecule has 1 aromatic carbocycles. The van der Waals surface area contributed by atoms with Crippen LogP contribution in [0.25, 0.3) is 5.57 Å². The van der Waals surface area contributed by atoms with Crippen molar-refractivity contribution in [3.63, 3.8) is 0 Å². The van der Waals surface area contributed by atoms with Crippen LogP contribution in [0.3, 0.4) is 0 Å². The van der Waals surface area contributed by atoms with Gasteiger partial charge in [0.1, 0.15) is 17.5 Å². The Hall–Kier alpha value is -3.63. The van der Waals surface area contributed by atoms with E-state index >= 15 is 0 Å². The molecule has 1 saturated heterocycles. The molecule has 2 N–H and O–H groups in total. The van der Waals surface area contributed by atoms with Crippen molar-refractivity contribution in [2.24, 2.45) is 16.8 Å². The van der Waals surface area contributed by atoms with Crippen LogP contribution in [0.4, 0.5) is 13.2 Å². The monoisotopic (exact) mass is 729 g/mol. The summed E-state index contributed by atoms with van der Waals surface area (Å²) in [6, 6.07) is 9.30. The number of aromatic nitrogens is 4. The van der Waals surface area contributed by atoms with E-state index in [1.807, 2.05) is 11.0 Å². The highest BCUT2D eigenvalue weighted by Gasteiger charge is 2.55. The van der Waals surface area contributed by atoms with E-state index in [2.05, 4.69) is 19.8 Å². The zero-order valence-corrected chi connectivity index (χ0v) is 28.2. The summed E-state index contributed by atoms with van der Waals surface area (Å²) in [5, 5.41) is 17.5. The van der Waals surface area contributed by atoms with Crippen molar-refractivity contribution >= 4 is 44.4 Å². The van der Waals surface area contributed by atoms with Gasteiger partial charge in [-0.05, 0) is 67.9 Å². The van der Waals surface area contributed by atoms with Crippen molar-refractivity contribution in [3.8, 4) is 0 Å². The van der Waals surface area contributed by atoms with Crippen LogP contribution in [0.15, 0.2) is 77.1 Å². The van der Waals surface area contributed by atoms with Crippen molar-refractivity contribution in [1.82, 2.24) is 29.4 Å². The number of aliphatic imine (C=N–C) groups is 1. The Morgan fingerprint density at radius 1 is 1.08 bits per heavy atom. The topological polar surface area (TPSA) is 126 Å². The lowest BCUT2D eigenvalue weighted by atomic mass is 9.75. The summed E-state index contributed by atoms with van der Waals surface area (Å²) in [4.78, 5) is 15.7. The van der Waals surface area contributed by atoms with Gasteiger partial charge in [-0.2, -0.15) is 13.9 Å². The fraction of sp³-hybridized carbons (Fsp3) is 0.394. The number of hydrogen-bond acceptors (Lipinski definition) is 9. The first-order valence-corrected chi connectivity index (χ1v) is 18.7. The molecule has 3 aromatic heterocycles. The largest absolute Gasteiger partial charge is 0.384 e. The van der Waals surface area contributed by atoms with Gasteiger partial charge in [-0.1, -0.05) is 23.7 Å². The van der Waals surface area contributed by atoms with Gasteiger partial charge in [-0.25, -0.2) is 27.2 Å². The second-order valence-corrected chi connectivity index (χ2v) is 16.2. The first-order valence-electron chi connectivity index (χ1n) is 15.9. The lowest BCUT2D eigenvalue weighted by Gasteiger charge is -2.40. The van der Waals surface area contributed by atoms with Crippen LogP contribution in [0, 0.1) is 17.7 Å². The molecule has 3 unspecified atom stereocenters. The first-order chi connectivity index (χ1) is 23.5.